The number of benzene rings is 2. The zero-order valence-corrected chi connectivity index (χ0v) is 18.2. The molecule has 2 aromatic carbocycles. The van der Waals surface area contributed by atoms with Crippen molar-refractivity contribution in [3.63, 3.8) is 0 Å². The van der Waals surface area contributed by atoms with Crippen molar-refractivity contribution in [3.8, 4) is 23.8 Å². The normalized spacial score (nSPS) is 14.6. The van der Waals surface area contributed by atoms with E-state index < -0.39 is 29.3 Å². The SMILES string of the molecule is C#CCOc1ccc(/C=C2\C(=O)N(c3ccc(C(=O)OCC)cc3)N=C2C(F)(F)F)cc1OC. The fraction of sp³-hybridized carbons (Fsp3) is 0.208. The van der Waals surface area contributed by atoms with Crippen LogP contribution in [0.2, 0.25) is 0 Å². The van der Waals surface area contributed by atoms with E-state index in [1.807, 2.05) is 0 Å². The molecular formula is C24H19F3N2O5. The number of terminal acetylenes is 1. The Morgan fingerprint density at radius 2 is 1.88 bits per heavy atom. The quantitative estimate of drug-likeness (QED) is 0.342. The molecule has 34 heavy (non-hydrogen) atoms. The van der Waals surface area contributed by atoms with Crippen molar-refractivity contribution in [2.45, 2.75) is 13.1 Å². The van der Waals surface area contributed by atoms with E-state index in [-0.39, 0.29) is 35.8 Å². The van der Waals surface area contributed by atoms with E-state index in [2.05, 4.69) is 11.0 Å². The Kier molecular flexibility index (Phi) is 7.26. The molecule has 1 aliphatic heterocycles. The van der Waals surface area contributed by atoms with E-state index in [0.29, 0.717) is 10.8 Å². The summed E-state index contributed by atoms with van der Waals surface area (Å²) in [7, 11) is 1.36. The molecule has 0 fully saturated rings. The van der Waals surface area contributed by atoms with Gasteiger partial charge in [0.2, 0.25) is 0 Å². The monoisotopic (exact) mass is 472 g/mol. The van der Waals surface area contributed by atoms with Crippen molar-refractivity contribution >= 4 is 29.4 Å². The largest absolute Gasteiger partial charge is 0.493 e. The van der Waals surface area contributed by atoms with Crippen molar-refractivity contribution < 1.29 is 37.0 Å². The van der Waals surface area contributed by atoms with Crippen molar-refractivity contribution in [3.05, 3.63) is 59.2 Å². The van der Waals surface area contributed by atoms with Gasteiger partial charge < -0.3 is 14.2 Å². The van der Waals surface area contributed by atoms with Gasteiger partial charge in [0.1, 0.15) is 6.61 Å². The van der Waals surface area contributed by atoms with Gasteiger partial charge in [-0.15, -0.1) is 6.42 Å². The lowest BCUT2D eigenvalue weighted by Gasteiger charge is -2.12. The molecular weight excluding hydrogens is 453 g/mol. The molecule has 0 atom stereocenters. The number of esters is 1. The highest BCUT2D eigenvalue weighted by molar-refractivity contribution is 6.34. The van der Waals surface area contributed by atoms with E-state index in [4.69, 9.17) is 20.6 Å². The number of halogens is 3. The third kappa shape index (κ3) is 5.20. The number of amides is 1. The smallest absolute Gasteiger partial charge is 0.435 e. The molecule has 0 spiro atoms. The zero-order valence-electron chi connectivity index (χ0n) is 18.2. The summed E-state index contributed by atoms with van der Waals surface area (Å²) in [5.74, 6) is 1.25. The molecule has 7 nitrogen and oxygen atoms in total. The second-order valence-corrected chi connectivity index (χ2v) is 6.79. The van der Waals surface area contributed by atoms with E-state index in [1.54, 1.807) is 6.92 Å². The van der Waals surface area contributed by atoms with Crippen LogP contribution in [0.4, 0.5) is 18.9 Å². The van der Waals surface area contributed by atoms with Crippen molar-refractivity contribution in [2.75, 3.05) is 25.3 Å². The Labute approximate surface area is 193 Å². The Bertz CT molecular complexity index is 1190. The molecule has 3 rings (SSSR count). The van der Waals surface area contributed by atoms with Crippen LogP contribution in [0.1, 0.15) is 22.8 Å². The lowest BCUT2D eigenvalue weighted by molar-refractivity contribution is -0.114. The predicted octanol–water partition coefficient (Wildman–Crippen LogP) is 4.23. The Hall–Kier alpha value is -4.26. The van der Waals surface area contributed by atoms with Gasteiger partial charge in [-0.1, -0.05) is 12.0 Å². The summed E-state index contributed by atoms with van der Waals surface area (Å²) in [4.78, 5) is 24.7. The topological polar surface area (TPSA) is 77.4 Å². The molecule has 1 heterocycles. The highest BCUT2D eigenvalue weighted by Gasteiger charge is 2.46. The second kappa shape index (κ2) is 10.1. The molecule has 2 aromatic rings. The van der Waals surface area contributed by atoms with Gasteiger partial charge in [0.05, 0.1) is 30.5 Å². The Morgan fingerprint density at radius 3 is 2.47 bits per heavy atom. The number of hydrogen-bond acceptors (Lipinski definition) is 6. The summed E-state index contributed by atoms with van der Waals surface area (Å²) in [5, 5.41) is 4.14. The van der Waals surface area contributed by atoms with E-state index >= 15 is 0 Å². The molecule has 1 amide bonds. The zero-order chi connectivity index (χ0) is 24.9. The van der Waals surface area contributed by atoms with Crippen molar-refractivity contribution in [2.24, 2.45) is 5.10 Å². The predicted molar refractivity (Wildman–Crippen MR) is 119 cm³/mol. The molecule has 0 N–H and O–H groups in total. The lowest BCUT2D eigenvalue weighted by atomic mass is 10.1. The van der Waals surface area contributed by atoms with Gasteiger partial charge in [-0.25, -0.2) is 4.79 Å². The molecule has 1 aliphatic rings. The number of alkyl halides is 3. The minimum absolute atomic E-state index is 0.0237. The fourth-order valence-corrected chi connectivity index (χ4v) is 3.06. The molecule has 0 radical (unpaired) electrons. The van der Waals surface area contributed by atoms with Crippen LogP contribution in [-0.2, 0) is 9.53 Å². The molecule has 176 valence electrons. The summed E-state index contributed by atoms with van der Waals surface area (Å²) >= 11 is 0. The lowest BCUT2D eigenvalue weighted by Crippen LogP contribution is -2.25. The summed E-state index contributed by atoms with van der Waals surface area (Å²) in [6, 6.07) is 9.64. The van der Waals surface area contributed by atoms with Crippen LogP contribution < -0.4 is 14.5 Å². The van der Waals surface area contributed by atoms with Crippen molar-refractivity contribution in [1.82, 2.24) is 0 Å². The number of hydrogen-bond donors (Lipinski definition) is 0. The van der Waals surface area contributed by atoms with Gasteiger partial charge in [0, 0.05) is 0 Å². The van der Waals surface area contributed by atoms with Gasteiger partial charge >= 0.3 is 12.1 Å². The van der Waals surface area contributed by atoms with Crippen LogP contribution in [0.5, 0.6) is 11.5 Å². The maximum Gasteiger partial charge on any atom is 0.435 e. The number of anilines is 1. The molecule has 0 saturated heterocycles. The second-order valence-electron chi connectivity index (χ2n) is 6.79. The van der Waals surface area contributed by atoms with Crippen LogP contribution in [0, 0.1) is 12.3 Å². The van der Waals surface area contributed by atoms with Crippen LogP contribution in [0.15, 0.2) is 53.1 Å². The van der Waals surface area contributed by atoms with E-state index in [9.17, 15) is 22.8 Å². The summed E-state index contributed by atoms with van der Waals surface area (Å²) in [6.07, 6.45) is 1.34. The minimum atomic E-state index is -4.89. The summed E-state index contributed by atoms with van der Waals surface area (Å²) < 4.78 is 56.5. The Morgan fingerprint density at radius 1 is 1.18 bits per heavy atom. The Balaban J connectivity index is 1.97. The first-order valence-corrected chi connectivity index (χ1v) is 9.93. The number of hydrazone groups is 1. The van der Waals surface area contributed by atoms with Crippen LogP contribution >= 0.6 is 0 Å². The maximum atomic E-state index is 13.7. The number of rotatable bonds is 7. The van der Waals surface area contributed by atoms with Gasteiger partial charge in [0.25, 0.3) is 5.91 Å². The maximum absolute atomic E-state index is 13.7. The molecule has 0 bridgehead atoms. The average molecular weight is 472 g/mol. The molecule has 0 aliphatic carbocycles. The van der Waals surface area contributed by atoms with Gasteiger partial charge in [-0.2, -0.15) is 23.3 Å². The van der Waals surface area contributed by atoms with Crippen LogP contribution in [0.25, 0.3) is 6.08 Å². The number of carbonyl (C=O) groups excluding carboxylic acids is 2. The third-order valence-corrected chi connectivity index (χ3v) is 4.58. The van der Waals surface area contributed by atoms with E-state index in [1.165, 1.54) is 49.6 Å². The number of methoxy groups -OCH3 is 1. The van der Waals surface area contributed by atoms with E-state index in [0.717, 1.165) is 6.08 Å². The standard InChI is InChI=1S/C24H19F3N2O5/c1-4-12-34-19-11-6-15(14-20(19)32-3)13-18-21(24(25,26)27)28-29(22(18)30)17-9-7-16(8-10-17)23(31)33-5-2/h1,6-11,13-14H,5,12H2,2-3H3/b18-13-. The number of carbonyl (C=O) groups is 2. The average Bonchev–Trinajstić information content (AvgIpc) is 3.14. The molecule has 0 unspecified atom stereocenters. The van der Waals surface area contributed by atoms with Gasteiger partial charge in [-0.05, 0) is 55.0 Å². The number of nitrogens with zero attached hydrogens (tertiary/aromatic N) is 2. The highest BCUT2D eigenvalue weighted by atomic mass is 19.4. The molecule has 0 aromatic heterocycles. The first-order chi connectivity index (χ1) is 16.2. The van der Waals surface area contributed by atoms with Gasteiger partial charge in [-0.3, -0.25) is 4.79 Å². The fourth-order valence-electron chi connectivity index (χ4n) is 3.06. The number of ether oxygens (including phenoxy) is 3. The molecule has 0 saturated carbocycles. The molecule has 10 heteroatoms. The first kappa shape index (κ1) is 24.4. The van der Waals surface area contributed by atoms with Crippen LogP contribution in [0.3, 0.4) is 0 Å². The highest BCUT2D eigenvalue weighted by Crippen LogP contribution is 2.34. The summed E-state index contributed by atoms with van der Waals surface area (Å²) in [6.45, 7) is 1.79. The third-order valence-electron chi connectivity index (χ3n) is 4.58. The van der Waals surface area contributed by atoms with Crippen LogP contribution in [-0.4, -0.2) is 44.1 Å². The summed E-state index contributed by atoms with van der Waals surface area (Å²) in [5.41, 5.74) is -1.50. The minimum Gasteiger partial charge on any atom is -0.493 e. The first-order valence-electron chi connectivity index (χ1n) is 9.93. The van der Waals surface area contributed by atoms with Crippen molar-refractivity contribution in [1.29, 1.82) is 0 Å². The van der Waals surface area contributed by atoms with Gasteiger partial charge in [0.15, 0.2) is 17.2 Å².